The Kier molecular flexibility index (Phi) is 8.73. The van der Waals surface area contributed by atoms with Gasteiger partial charge in [-0.05, 0) is 111 Å². The zero-order valence-electron chi connectivity index (χ0n) is 23.6. The van der Waals surface area contributed by atoms with Crippen LogP contribution in [-0.2, 0) is 19.1 Å². The van der Waals surface area contributed by atoms with Gasteiger partial charge in [0.25, 0.3) is 0 Å². The van der Waals surface area contributed by atoms with Gasteiger partial charge in [-0.25, -0.2) is 4.39 Å². The highest BCUT2D eigenvalue weighted by Crippen LogP contribution is 2.55. The lowest BCUT2D eigenvalue weighted by atomic mass is 9.55. The predicted octanol–water partition coefficient (Wildman–Crippen LogP) is 7.70. The largest absolute Gasteiger partial charge is 0.466 e. The quantitative estimate of drug-likeness (QED) is 0.321. The molecule has 1 aromatic rings. The Morgan fingerprint density at radius 3 is 2.79 bits per heavy atom. The zero-order chi connectivity index (χ0) is 27.5. The fraction of sp³-hybridized carbons (Fsp3) is 0.588. The van der Waals surface area contributed by atoms with Crippen LogP contribution in [0.25, 0.3) is 5.57 Å². The molecule has 4 aliphatic rings. The number of rotatable bonds is 8. The van der Waals surface area contributed by atoms with Crippen molar-refractivity contribution in [2.45, 2.75) is 78.2 Å². The monoisotopic (exact) mass is 534 g/mol. The Morgan fingerprint density at radius 2 is 2.03 bits per heavy atom. The Morgan fingerprint density at radius 1 is 1.18 bits per heavy atom. The van der Waals surface area contributed by atoms with Crippen LogP contribution in [0.15, 0.2) is 54.1 Å². The molecule has 3 fully saturated rings. The minimum atomic E-state index is -0.201. The molecule has 1 heterocycles. The summed E-state index contributed by atoms with van der Waals surface area (Å²) < 4.78 is 24.7. The van der Waals surface area contributed by atoms with Crippen LogP contribution in [0.1, 0.15) is 77.7 Å². The average Bonchev–Trinajstić information content (AvgIpc) is 3.19. The number of ether oxygens (including phenoxy) is 2. The van der Waals surface area contributed by atoms with Crippen LogP contribution in [0.4, 0.5) is 4.39 Å². The van der Waals surface area contributed by atoms with Crippen LogP contribution in [0.3, 0.4) is 0 Å². The van der Waals surface area contributed by atoms with Crippen LogP contribution in [0, 0.1) is 47.2 Å². The molecule has 0 N–H and O–H groups in total. The van der Waals surface area contributed by atoms with E-state index in [0.717, 1.165) is 37.7 Å². The van der Waals surface area contributed by atoms with E-state index in [1.807, 2.05) is 13.0 Å². The fourth-order valence-electron chi connectivity index (χ4n) is 8.04. The number of carbonyl (C=O) groups excluding carboxylic acids is 2. The number of carbonyl (C=O) groups is 2. The highest BCUT2D eigenvalue weighted by molar-refractivity contribution is 5.75. The molecule has 0 bridgehead atoms. The highest BCUT2D eigenvalue weighted by Gasteiger charge is 2.54. The summed E-state index contributed by atoms with van der Waals surface area (Å²) in [4.78, 5) is 24.6. The number of benzene rings is 1. The molecular weight excluding hydrogens is 491 g/mol. The SMILES string of the molecule is CCOC(=O)CCC[C@H]1CC[C@@H]2[C@H](C1)C[C@@H]1C(=O)O[C@@H](C)[C@@H]1[C@H]2/C=C/C1=CC=C(c2cccc(F)c2)C(C)C1. The third-order valence-corrected chi connectivity index (χ3v) is 9.80. The van der Waals surface area contributed by atoms with Crippen molar-refractivity contribution in [3.05, 3.63) is 65.5 Å². The lowest BCUT2D eigenvalue weighted by molar-refractivity contribution is -0.145. The molecule has 4 nitrogen and oxygen atoms in total. The van der Waals surface area contributed by atoms with Gasteiger partial charge in [-0.3, -0.25) is 9.59 Å². The van der Waals surface area contributed by atoms with Gasteiger partial charge in [-0.2, -0.15) is 0 Å². The minimum absolute atomic E-state index is 0.00656. The summed E-state index contributed by atoms with van der Waals surface area (Å²) in [6, 6.07) is 6.86. The maximum absolute atomic E-state index is 13.8. The standard InChI is InChI=1S/C34H43FO4/c1-4-38-32(36)10-5-7-23-12-15-29-26(18-23)20-31-33(22(3)39-34(31)37)30(29)16-13-24-11-14-28(21(2)17-24)25-8-6-9-27(35)19-25/h6,8-9,11,13-14,16,19,21-23,26,29-31,33H,4-5,7,10,12,15,17-18,20H2,1-3H3/b16-13+/t21?,22-,23-,26+,29+,30-,31-,33+/m0/s1. The molecule has 1 aromatic carbocycles. The van der Waals surface area contributed by atoms with E-state index >= 15 is 0 Å². The molecule has 1 unspecified atom stereocenters. The Bertz CT molecular complexity index is 1150. The summed E-state index contributed by atoms with van der Waals surface area (Å²) in [5.41, 5.74) is 3.41. The number of esters is 2. The van der Waals surface area contributed by atoms with Gasteiger partial charge in [0.15, 0.2) is 0 Å². The van der Waals surface area contributed by atoms with Crippen molar-refractivity contribution in [1.29, 1.82) is 0 Å². The molecule has 0 spiro atoms. The van der Waals surface area contributed by atoms with Gasteiger partial charge in [0, 0.05) is 12.3 Å². The van der Waals surface area contributed by atoms with E-state index < -0.39 is 0 Å². The molecule has 1 aliphatic heterocycles. The Hall–Kier alpha value is -2.69. The highest BCUT2D eigenvalue weighted by atomic mass is 19.1. The second-order valence-corrected chi connectivity index (χ2v) is 12.3. The molecule has 3 aliphatic carbocycles. The van der Waals surface area contributed by atoms with E-state index in [9.17, 15) is 14.0 Å². The number of allylic oxidation sites excluding steroid dienone is 6. The van der Waals surface area contributed by atoms with Gasteiger partial charge in [0.05, 0.1) is 12.5 Å². The number of cyclic esters (lactones) is 1. The summed E-state index contributed by atoms with van der Waals surface area (Å²) in [6.45, 7) is 6.57. The van der Waals surface area contributed by atoms with Crippen molar-refractivity contribution in [2.75, 3.05) is 6.61 Å². The van der Waals surface area contributed by atoms with E-state index in [4.69, 9.17) is 9.47 Å². The Balaban J connectivity index is 1.29. The topological polar surface area (TPSA) is 52.6 Å². The summed E-state index contributed by atoms with van der Waals surface area (Å²) in [5.74, 6) is 2.29. The van der Waals surface area contributed by atoms with E-state index in [-0.39, 0.29) is 35.7 Å². The normalized spacial score (nSPS) is 34.1. The number of hydrogen-bond donors (Lipinski definition) is 0. The van der Waals surface area contributed by atoms with E-state index in [1.165, 1.54) is 30.1 Å². The molecule has 8 atom stereocenters. The smallest absolute Gasteiger partial charge is 0.309 e. The number of fused-ring (bicyclic) bond motifs is 2. The van der Waals surface area contributed by atoms with Crippen molar-refractivity contribution in [1.82, 2.24) is 0 Å². The lowest BCUT2D eigenvalue weighted by Gasteiger charge is -2.47. The molecule has 210 valence electrons. The van der Waals surface area contributed by atoms with Gasteiger partial charge < -0.3 is 9.47 Å². The van der Waals surface area contributed by atoms with Crippen molar-refractivity contribution in [3.8, 4) is 0 Å². The van der Waals surface area contributed by atoms with E-state index in [2.05, 4.69) is 38.2 Å². The van der Waals surface area contributed by atoms with Gasteiger partial charge in [-0.1, -0.05) is 49.8 Å². The second-order valence-electron chi connectivity index (χ2n) is 12.3. The molecule has 0 amide bonds. The first kappa shape index (κ1) is 27.9. The summed E-state index contributed by atoms with van der Waals surface area (Å²) >= 11 is 0. The van der Waals surface area contributed by atoms with Gasteiger partial charge in [0.1, 0.15) is 11.9 Å². The van der Waals surface area contributed by atoms with Crippen LogP contribution < -0.4 is 0 Å². The van der Waals surface area contributed by atoms with E-state index in [0.29, 0.717) is 42.6 Å². The predicted molar refractivity (Wildman–Crippen MR) is 151 cm³/mol. The minimum Gasteiger partial charge on any atom is -0.466 e. The molecule has 2 saturated carbocycles. The van der Waals surface area contributed by atoms with E-state index in [1.54, 1.807) is 12.1 Å². The van der Waals surface area contributed by atoms with Crippen molar-refractivity contribution in [2.24, 2.45) is 41.4 Å². The molecule has 0 aromatic heterocycles. The molecule has 1 saturated heterocycles. The van der Waals surface area contributed by atoms with Crippen molar-refractivity contribution < 1.29 is 23.5 Å². The third-order valence-electron chi connectivity index (χ3n) is 9.80. The van der Waals surface area contributed by atoms with Crippen LogP contribution in [0.5, 0.6) is 0 Å². The van der Waals surface area contributed by atoms with Crippen LogP contribution in [0.2, 0.25) is 0 Å². The average molecular weight is 535 g/mol. The van der Waals surface area contributed by atoms with Crippen LogP contribution in [-0.4, -0.2) is 24.6 Å². The first-order chi connectivity index (χ1) is 18.8. The molecular formula is C34H43FO4. The number of halogens is 1. The first-order valence-corrected chi connectivity index (χ1v) is 15.0. The van der Waals surface area contributed by atoms with Crippen molar-refractivity contribution in [3.63, 3.8) is 0 Å². The summed E-state index contributed by atoms with van der Waals surface area (Å²) in [5, 5.41) is 0. The van der Waals surface area contributed by atoms with Gasteiger partial charge in [-0.15, -0.1) is 0 Å². The second kappa shape index (κ2) is 12.2. The maximum atomic E-state index is 13.8. The Labute approximate surface area is 232 Å². The molecule has 39 heavy (non-hydrogen) atoms. The molecule has 5 rings (SSSR count). The van der Waals surface area contributed by atoms with Gasteiger partial charge in [0.2, 0.25) is 0 Å². The van der Waals surface area contributed by atoms with Crippen molar-refractivity contribution >= 4 is 17.5 Å². The fourth-order valence-corrected chi connectivity index (χ4v) is 8.04. The summed E-state index contributed by atoms with van der Waals surface area (Å²) in [6.07, 6.45) is 16.8. The molecule has 5 heteroatoms. The lowest BCUT2D eigenvalue weighted by Crippen LogP contribution is -2.44. The number of hydrogen-bond acceptors (Lipinski definition) is 4. The zero-order valence-corrected chi connectivity index (χ0v) is 23.6. The van der Waals surface area contributed by atoms with Crippen LogP contribution >= 0.6 is 0 Å². The van der Waals surface area contributed by atoms with Gasteiger partial charge >= 0.3 is 11.9 Å². The molecule has 0 radical (unpaired) electrons. The summed E-state index contributed by atoms with van der Waals surface area (Å²) in [7, 11) is 0. The first-order valence-electron chi connectivity index (χ1n) is 15.0. The third kappa shape index (κ3) is 6.23. The maximum Gasteiger partial charge on any atom is 0.309 e.